The number of amides is 2. The molecule has 0 fully saturated rings. The quantitative estimate of drug-likeness (QED) is 0.784. The van der Waals surface area contributed by atoms with E-state index in [1.807, 2.05) is 23.5 Å². The zero-order valence-corrected chi connectivity index (χ0v) is 14.5. The summed E-state index contributed by atoms with van der Waals surface area (Å²) in [4.78, 5) is 18.0. The van der Waals surface area contributed by atoms with Crippen LogP contribution < -0.4 is 10.6 Å². The predicted octanol–water partition coefficient (Wildman–Crippen LogP) is 4.43. The molecule has 0 saturated heterocycles. The van der Waals surface area contributed by atoms with Crippen LogP contribution in [0.1, 0.15) is 34.8 Å². The van der Waals surface area contributed by atoms with Crippen LogP contribution in [0.15, 0.2) is 24.3 Å². The van der Waals surface area contributed by atoms with E-state index in [1.165, 1.54) is 34.8 Å². The fraction of sp³-hybridized carbons (Fsp3) is 0.412. The third-order valence-electron chi connectivity index (χ3n) is 3.83. The standard InChI is InChI=1S/C17H20ClN3OS/c18-12-5-3-6-13(11-12)20-17(22)19-10-4-9-16-21-14-7-1-2-8-15(14)23-16/h3,5-6,11H,1-2,4,7-10H2,(H2,19,20,22). The van der Waals surface area contributed by atoms with Crippen LogP contribution in [0, 0.1) is 0 Å². The highest BCUT2D eigenvalue weighted by molar-refractivity contribution is 7.11. The zero-order chi connectivity index (χ0) is 16.1. The Kier molecular flexibility index (Phi) is 5.51. The molecule has 1 aliphatic rings. The molecule has 4 nitrogen and oxygen atoms in total. The molecule has 122 valence electrons. The smallest absolute Gasteiger partial charge is 0.319 e. The van der Waals surface area contributed by atoms with Crippen molar-refractivity contribution in [1.82, 2.24) is 10.3 Å². The van der Waals surface area contributed by atoms with Crippen LogP contribution in [0.5, 0.6) is 0 Å². The summed E-state index contributed by atoms with van der Waals surface area (Å²) in [6.07, 6.45) is 6.70. The second-order valence-corrected chi connectivity index (χ2v) is 7.28. The molecule has 2 N–H and O–H groups in total. The molecule has 0 radical (unpaired) electrons. The summed E-state index contributed by atoms with van der Waals surface area (Å²) < 4.78 is 0. The molecule has 1 aromatic heterocycles. The summed E-state index contributed by atoms with van der Waals surface area (Å²) in [5.41, 5.74) is 2.01. The van der Waals surface area contributed by atoms with Crippen LogP contribution in [0.2, 0.25) is 5.02 Å². The minimum Gasteiger partial charge on any atom is -0.338 e. The topological polar surface area (TPSA) is 54.0 Å². The first-order valence-electron chi connectivity index (χ1n) is 7.98. The van der Waals surface area contributed by atoms with E-state index < -0.39 is 0 Å². The van der Waals surface area contributed by atoms with Crippen LogP contribution in [-0.4, -0.2) is 17.6 Å². The number of nitrogens with one attached hydrogen (secondary N) is 2. The van der Waals surface area contributed by atoms with Gasteiger partial charge < -0.3 is 10.6 Å². The van der Waals surface area contributed by atoms with Crippen molar-refractivity contribution in [3.05, 3.63) is 44.9 Å². The maximum Gasteiger partial charge on any atom is 0.319 e. The van der Waals surface area contributed by atoms with E-state index in [2.05, 4.69) is 10.6 Å². The van der Waals surface area contributed by atoms with Crippen molar-refractivity contribution in [1.29, 1.82) is 0 Å². The number of hydrogen-bond acceptors (Lipinski definition) is 3. The fourth-order valence-corrected chi connectivity index (χ4v) is 4.08. The third-order valence-corrected chi connectivity index (χ3v) is 5.28. The molecule has 0 bridgehead atoms. The molecule has 1 aliphatic carbocycles. The Labute approximate surface area is 145 Å². The number of benzene rings is 1. The first kappa shape index (κ1) is 16.3. The molecule has 0 saturated carbocycles. The van der Waals surface area contributed by atoms with Crippen molar-refractivity contribution in [2.24, 2.45) is 0 Å². The van der Waals surface area contributed by atoms with Gasteiger partial charge >= 0.3 is 6.03 Å². The maximum atomic E-state index is 11.8. The molecule has 1 heterocycles. The summed E-state index contributed by atoms with van der Waals surface area (Å²) in [6, 6.07) is 6.92. The molecule has 23 heavy (non-hydrogen) atoms. The minimum absolute atomic E-state index is 0.203. The monoisotopic (exact) mass is 349 g/mol. The number of thiazole rings is 1. The highest BCUT2D eigenvalue weighted by Gasteiger charge is 2.14. The lowest BCUT2D eigenvalue weighted by atomic mass is 10.0. The summed E-state index contributed by atoms with van der Waals surface area (Å²) in [6.45, 7) is 0.636. The minimum atomic E-state index is -0.203. The number of aryl methyl sites for hydroxylation is 3. The molecule has 0 unspecified atom stereocenters. The van der Waals surface area contributed by atoms with E-state index in [9.17, 15) is 4.79 Å². The largest absolute Gasteiger partial charge is 0.338 e. The van der Waals surface area contributed by atoms with Gasteiger partial charge in [0.2, 0.25) is 0 Å². The SMILES string of the molecule is O=C(NCCCc1nc2c(s1)CCCC2)Nc1cccc(Cl)c1. The molecule has 0 aliphatic heterocycles. The number of urea groups is 1. The van der Waals surface area contributed by atoms with E-state index in [4.69, 9.17) is 16.6 Å². The number of anilines is 1. The molecule has 1 aromatic carbocycles. The lowest BCUT2D eigenvalue weighted by molar-refractivity contribution is 0.252. The van der Waals surface area contributed by atoms with Crippen LogP contribution in [0.25, 0.3) is 0 Å². The maximum absolute atomic E-state index is 11.8. The van der Waals surface area contributed by atoms with E-state index in [0.717, 1.165) is 19.3 Å². The molecular formula is C17H20ClN3OS. The van der Waals surface area contributed by atoms with Gasteiger partial charge in [0.05, 0.1) is 10.7 Å². The molecule has 3 rings (SSSR count). The number of carbonyl (C=O) groups excluding carboxylic acids is 1. The van der Waals surface area contributed by atoms with Crippen LogP contribution in [0.4, 0.5) is 10.5 Å². The molecule has 6 heteroatoms. The van der Waals surface area contributed by atoms with Gasteiger partial charge in [-0.2, -0.15) is 0 Å². The van der Waals surface area contributed by atoms with Gasteiger partial charge in [-0.15, -0.1) is 11.3 Å². The summed E-state index contributed by atoms with van der Waals surface area (Å²) in [5, 5.41) is 7.45. The zero-order valence-electron chi connectivity index (χ0n) is 12.9. The van der Waals surface area contributed by atoms with Gasteiger partial charge in [-0.1, -0.05) is 17.7 Å². The van der Waals surface area contributed by atoms with Gasteiger partial charge in [0.15, 0.2) is 0 Å². The number of carbonyl (C=O) groups is 1. The van der Waals surface area contributed by atoms with Crippen LogP contribution in [-0.2, 0) is 19.3 Å². The number of halogens is 1. The molecular weight excluding hydrogens is 330 g/mol. The Bertz CT molecular complexity index is 663. The molecule has 2 aromatic rings. The Hall–Kier alpha value is -1.59. The van der Waals surface area contributed by atoms with Crippen molar-refractivity contribution in [3.8, 4) is 0 Å². The first-order chi connectivity index (χ1) is 11.2. The summed E-state index contributed by atoms with van der Waals surface area (Å²) in [5.74, 6) is 0. The van der Waals surface area contributed by atoms with Gasteiger partial charge in [-0.25, -0.2) is 9.78 Å². The number of hydrogen-bond donors (Lipinski definition) is 2. The van der Waals surface area contributed by atoms with Gasteiger partial charge in [-0.3, -0.25) is 0 Å². The fourth-order valence-electron chi connectivity index (χ4n) is 2.70. The Morgan fingerprint density at radius 1 is 1.30 bits per heavy atom. The van der Waals surface area contributed by atoms with E-state index in [0.29, 0.717) is 17.3 Å². The van der Waals surface area contributed by atoms with Crippen LogP contribution >= 0.6 is 22.9 Å². The van der Waals surface area contributed by atoms with Gasteiger partial charge in [0.25, 0.3) is 0 Å². The molecule has 0 atom stereocenters. The second kappa shape index (κ2) is 7.79. The number of aromatic nitrogens is 1. The van der Waals surface area contributed by atoms with Gasteiger partial charge in [0.1, 0.15) is 0 Å². The van der Waals surface area contributed by atoms with Crippen molar-refractivity contribution < 1.29 is 4.79 Å². The number of nitrogens with zero attached hydrogens (tertiary/aromatic N) is 1. The van der Waals surface area contributed by atoms with E-state index in [-0.39, 0.29) is 6.03 Å². The second-order valence-electron chi connectivity index (χ2n) is 5.68. The van der Waals surface area contributed by atoms with Gasteiger partial charge in [0, 0.05) is 28.6 Å². The highest BCUT2D eigenvalue weighted by Crippen LogP contribution is 2.27. The Morgan fingerprint density at radius 2 is 2.17 bits per heavy atom. The lowest BCUT2D eigenvalue weighted by Gasteiger charge is -2.07. The first-order valence-corrected chi connectivity index (χ1v) is 9.18. The predicted molar refractivity (Wildman–Crippen MR) is 95.6 cm³/mol. The van der Waals surface area contributed by atoms with E-state index >= 15 is 0 Å². The lowest BCUT2D eigenvalue weighted by Crippen LogP contribution is -2.29. The van der Waals surface area contributed by atoms with Crippen molar-refractivity contribution >= 4 is 34.7 Å². The number of rotatable bonds is 5. The Morgan fingerprint density at radius 3 is 3.00 bits per heavy atom. The average molecular weight is 350 g/mol. The third kappa shape index (κ3) is 4.69. The van der Waals surface area contributed by atoms with E-state index in [1.54, 1.807) is 12.1 Å². The number of fused-ring (bicyclic) bond motifs is 1. The normalized spacial score (nSPS) is 13.4. The summed E-state index contributed by atoms with van der Waals surface area (Å²) in [7, 11) is 0. The van der Waals surface area contributed by atoms with Crippen molar-refractivity contribution in [2.75, 3.05) is 11.9 Å². The van der Waals surface area contributed by atoms with Crippen molar-refractivity contribution in [2.45, 2.75) is 38.5 Å². The molecule has 0 spiro atoms. The highest BCUT2D eigenvalue weighted by atomic mass is 35.5. The summed E-state index contributed by atoms with van der Waals surface area (Å²) >= 11 is 7.73. The Balaban J connectivity index is 1.39. The van der Waals surface area contributed by atoms with Crippen LogP contribution in [0.3, 0.4) is 0 Å². The van der Waals surface area contributed by atoms with Crippen molar-refractivity contribution in [3.63, 3.8) is 0 Å². The van der Waals surface area contributed by atoms with Gasteiger partial charge in [-0.05, 0) is 50.3 Å². The average Bonchev–Trinajstić information content (AvgIpc) is 2.94. The molecule has 2 amide bonds.